The van der Waals surface area contributed by atoms with E-state index in [4.69, 9.17) is 14.6 Å². The topological polar surface area (TPSA) is 81.5 Å². The van der Waals surface area contributed by atoms with Gasteiger partial charge < -0.3 is 14.6 Å². The summed E-state index contributed by atoms with van der Waals surface area (Å²) in [4.78, 5) is 19.5. The maximum atomic E-state index is 10.9. The van der Waals surface area contributed by atoms with Gasteiger partial charge >= 0.3 is 5.97 Å². The predicted octanol–water partition coefficient (Wildman–Crippen LogP) is 4.37. The van der Waals surface area contributed by atoms with Crippen LogP contribution in [0.15, 0.2) is 41.9 Å². The van der Waals surface area contributed by atoms with Gasteiger partial charge in [0.1, 0.15) is 10.7 Å². The van der Waals surface area contributed by atoms with Crippen molar-refractivity contribution in [3.63, 3.8) is 0 Å². The lowest BCUT2D eigenvalue weighted by atomic mass is 10.2. The molecule has 3 rings (SSSR count). The van der Waals surface area contributed by atoms with E-state index in [9.17, 15) is 4.79 Å². The number of thiazole rings is 1. The van der Waals surface area contributed by atoms with Crippen molar-refractivity contribution in [1.82, 2.24) is 9.97 Å². The van der Waals surface area contributed by atoms with Crippen LogP contribution in [0, 0.1) is 0 Å². The Balaban J connectivity index is 1.89. The van der Waals surface area contributed by atoms with Crippen molar-refractivity contribution < 1.29 is 19.4 Å². The van der Waals surface area contributed by atoms with E-state index in [0.717, 1.165) is 21.8 Å². The summed E-state index contributed by atoms with van der Waals surface area (Å²) in [6.45, 7) is 4.98. The van der Waals surface area contributed by atoms with E-state index in [1.54, 1.807) is 6.07 Å². The van der Waals surface area contributed by atoms with Crippen LogP contribution in [0.1, 0.15) is 24.3 Å². The number of aromatic carboxylic acids is 1. The number of pyridine rings is 1. The van der Waals surface area contributed by atoms with Gasteiger partial charge in [-0.25, -0.2) is 14.8 Å². The average molecular weight is 370 g/mol. The van der Waals surface area contributed by atoms with Crippen molar-refractivity contribution in [2.24, 2.45) is 0 Å². The minimum absolute atomic E-state index is 0.0112. The molecule has 0 unspecified atom stereocenters. The van der Waals surface area contributed by atoms with Gasteiger partial charge in [-0.2, -0.15) is 0 Å². The number of hydrogen-bond acceptors (Lipinski definition) is 6. The first-order valence-electron chi connectivity index (χ1n) is 8.17. The molecule has 0 bridgehead atoms. The summed E-state index contributed by atoms with van der Waals surface area (Å²) >= 11 is 1.50. The van der Waals surface area contributed by atoms with Gasteiger partial charge in [0.15, 0.2) is 11.5 Å². The number of ether oxygens (including phenoxy) is 2. The highest BCUT2D eigenvalue weighted by atomic mass is 32.1. The van der Waals surface area contributed by atoms with Crippen LogP contribution in [0.2, 0.25) is 0 Å². The molecule has 1 aromatic carbocycles. The smallest absolute Gasteiger partial charge is 0.354 e. The van der Waals surface area contributed by atoms with Crippen molar-refractivity contribution >= 4 is 17.3 Å². The van der Waals surface area contributed by atoms with Crippen LogP contribution in [0.3, 0.4) is 0 Å². The highest BCUT2D eigenvalue weighted by molar-refractivity contribution is 7.13. The number of nitrogens with zero attached hydrogens (tertiary/aromatic N) is 2. The molecule has 0 spiro atoms. The standard InChI is InChI=1S/C19H18N2O4S/c1-3-24-16-8-6-12(9-17(16)25-4-2)18-21-15(11-26-18)13-5-7-14(19(22)23)20-10-13/h5-11H,3-4H2,1-2H3,(H,22,23). The summed E-state index contributed by atoms with van der Waals surface area (Å²) in [5, 5.41) is 11.7. The van der Waals surface area contributed by atoms with Crippen LogP contribution in [0.4, 0.5) is 0 Å². The molecule has 0 saturated carbocycles. The largest absolute Gasteiger partial charge is 0.490 e. The molecule has 0 aliphatic rings. The van der Waals surface area contributed by atoms with E-state index < -0.39 is 5.97 Å². The van der Waals surface area contributed by atoms with E-state index in [1.807, 2.05) is 37.4 Å². The molecule has 134 valence electrons. The first kappa shape index (κ1) is 17.9. The van der Waals surface area contributed by atoms with Gasteiger partial charge in [-0.1, -0.05) is 0 Å². The fourth-order valence-electron chi connectivity index (χ4n) is 2.39. The van der Waals surface area contributed by atoms with Crippen molar-refractivity contribution in [2.45, 2.75) is 13.8 Å². The normalized spacial score (nSPS) is 10.5. The predicted molar refractivity (Wildman–Crippen MR) is 100 cm³/mol. The van der Waals surface area contributed by atoms with Crippen molar-refractivity contribution in [3.8, 4) is 33.3 Å². The lowest BCUT2D eigenvalue weighted by Crippen LogP contribution is -1.99. The monoisotopic (exact) mass is 370 g/mol. The Morgan fingerprint density at radius 1 is 1.08 bits per heavy atom. The molecular weight excluding hydrogens is 352 g/mol. The second kappa shape index (κ2) is 7.97. The maximum absolute atomic E-state index is 10.9. The van der Waals surface area contributed by atoms with Crippen LogP contribution in [0.25, 0.3) is 21.8 Å². The fraction of sp³-hybridized carbons (Fsp3) is 0.211. The summed E-state index contributed by atoms with van der Waals surface area (Å²) in [7, 11) is 0. The Kier molecular flexibility index (Phi) is 5.48. The lowest BCUT2D eigenvalue weighted by Gasteiger charge is -2.11. The zero-order valence-electron chi connectivity index (χ0n) is 14.4. The second-order valence-corrected chi connectivity index (χ2v) is 6.16. The minimum Gasteiger partial charge on any atom is -0.490 e. The van der Waals surface area contributed by atoms with Gasteiger partial charge in [-0.3, -0.25) is 0 Å². The number of carbonyl (C=O) groups is 1. The van der Waals surface area contributed by atoms with E-state index in [1.165, 1.54) is 23.6 Å². The summed E-state index contributed by atoms with van der Waals surface area (Å²) in [6.07, 6.45) is 1.52. The summed E-state index contributed by atoms with van der Waals surface area (Å²) < 4.78 is 11.3. The second-order valence-electron chi connectivity index (χ2n) is 5.30. The van der Waals surface area contributed by atoms with Gasteiger partial charge in [0.05, 0.1) is 18.9 Å². The Hall–Kier alpha value is -2.93. The molecule has 0 atom stereocenters. The van der Waals surface area contributed by atoms with Gasteiger partial charge in [0, 0.05) is 22.7 Å². The van der Waals surface area contributed by atoms with Crippen molar-refractivity contribution in [3.05, 3.63) is 47.6 Å². The molecule has 0 saturated heterocycles. The molecule has 0 fully saturated rings. The molecule has 1 N–H and O–H groups in total. The molecule has 2 aromatic heterocycles. The minimum atomic E-state index is -1.05. The fourth-order valence-corrected chi connectivity index (χ4v) is 3.22. The van der Waals surface area contributed by atoms with E-state index >= 15 is 0 Å². The van der Waals surface area contributed by atoms with Crippen LogP contribution >= 0.6 is 11.3 Å². The Bertz CT molecular complexity index is 906. The first-order valence-corrected chi connectivity index (χ1v) is 9.05. The van der Waals surface area contributed by atoms with Gasteiger partial charge in [-0.15, -0.1) is 11.3 Å². The molecule has 0 radical (unpaired) electrons. The molecule has 3 aromatic rings. The Morgan fingerprint density at radius 3 is 2.46 bits per heavy atom. The molecule has 7 heteroatoms. The summed E-state index contributed by atoms with van der Waals surface area (Å²) in [6, 6.07) is 8.93. The maximum Gasteiger partial charge on any atom is 0.354 e. The molecule has 0 aliphatic carbocycles. The molecule has 26 heavy (non-hydrogen) atoms. The number of carboxylic acid groups (broad SMARTS) is 1. The van der Waals surface area contributed by atoms with Crippen LogP contribution < -0.4 is 9.47 Å². The highest BCUT2D eigenvalue weighted by Gasteiger charge is 2.12. The third kappa shape index (κ3) is 3.83. The number of benzene rings is 1. The van der Waals surface area contributed by atoms with E-state index in [2.05, 4.69) is 9.97 Å². The molecule has 6 nitrogen and oxygen atoms in total. The lowest BCUT2D eigenvalue weighted by molar-refractivity contribution is 0.0690. The number of carboxylic acids is 1. The van der Waals surface area contributed by atoms with Crippen LogP contribution in [-0.2, 0) is 0 Å². The van der Waals surface area contributed by atoms with Crippen LogP contribution in [-0.4, -0.2) is 34.3 Å². The SMILES string of the molecule is CCOc1ccc(-c2nc(-c3ccc(C(=O)O)nc3)cs2)cc1OCC. The summed E-state index contributed by atoms with van der Waals surface area (Å²) in [5.74, 6) is 0.354. The quantitative estimate of drug-likeness (QED) is 0.665. The Labute approximate surface area is 155 Å². The Morgan fingerprint density at radius 2 is 1.81 bits per heavy atom. The third-order valence-electron chi connectivity index (χ3n) is 3.57. The zero-order valence-corrected chi connectivity index (χ0v) is 15.2. The van der Waals surface area contributed by atoms with E-state index in [-0.39, 0.29) is 5.69 Å². The molecule has 0 amide bonds. The van der Waals surface area contributed by atoms with Crippen molar-refractivity contribution in [1.29, 1.82) is 0 Å². The van der Waals surface area contributed by atoms with Crippen LogP contribution in [0.5, 0.6) is 11.5 Å². The van der Waals surface area contributed by atoms with Gasteiger partial charge in [-0.05, 0) is 44.2 Å². The molecule has 0 aliphatic heterocycles. The van der Waals surface area contributed by atoms with Gasteiger partial charge in [0.25, 0.3) is 0 Å². The highest BCUT2D eigenvalue weighted by Crippen LogP contribution is 2.35. The summed E-state index contributed by atoms with van der Waals surface area (Å²) in [5.41, 5.74) is 2.47. The van der Waals surface area contributed by atoms with Crippen molar-refractivity contribution in [2.75, 3.05) is 13.2 Å². The first-order chi connectivity index (χ1) is 12.6. The van der Waals surface area contributed by atoms with Gasteiger partial charge in [0.2, 0.25) is 0 Å². The number of hydrogen-bond donors (Lipinski definition) is 1. The molecule has 2 heterocycles. The number of rotatable bonds is 7. The average Bonchev–Trinajstić information content (AvgIpc) is 3.14. The van der Waals surface area contributed by atoms with E-state index in [0.29, 0.717) is 24.7 Å². The zero-order chi connectivity index (χ0) is 18.5. The number of aromatic nitrogens is 2. The third-order valence-corrected chi connectivity index (χ3v) is 4.46. The molecular formula is C19H18N2O4S.